The molecule has 0 bridgehead atoms. The molecule has 0 amide bonds. The number of hydrogen-bond donors (Lipinski definition) is 1. The van der Waals surface area contributed by atoms with E-state index in [1.54, 1.807) is 7.11 Å². The molecule has 1 heterocycles. The fourth-order valence-electron chi connectivity index (χ4n) is 2.43. The van der Waals surface area contributed by atoms with Crippen LogP contribution in [-0.4, -0.2) is 33.1 Å². The van der Waals surface area contributed by atoms with Crippen LogP contribution in [0.3, 0.4) is 0 Å². The van der Waals surface area contributed by atoms with Crippen LogP contribution in [0.25, 0.3) is 0 Å². The van der Waals surface area contributed by atoms with E-state index < -0.39 is 9.84 Å². The highest BCUT2D eigenvalue weighted by Gasteiger charge is 2.28. The van der Waals surface area contributed by atoms with Crippen molar-refractivity contribution in [2.24, 2.45) is 0 Å². The molecule has 1 aliphatic heterocycles. The molecule has 1 aliphatic rings. The Hall–Kier alpha value is -1.23. The largest absolute Gasteiger partial charge is 0.496 e. The quantitative estimate of drug-likeness (QED) is 0.910. The molecule has 0 saturated carbocycles. The van der Waals surface area contributed by atoms with E-state index in [0.29, 0.717) is 6.42 Å². The summed E-state index contributed by atoms with van der Waals surface area (Å²) in [4.78, 5) is 0. The molecule has 2 rings (SSSR count). The minimum absolute atomic E-state index is 0.0149. The Labute approximate surface area is 108 Å². The Morgan fingerprint density at radius 1 is 1.33 bits per heavy atom. The summed E-state index contributed by atoms with van der Waals surface area (Å²) < 4.78 is 28.2. The summed E-state index contributed by atoms with van der Waals surface area (Å²) in [6.45, 7) is 3.98. The molecule has 0 aromatic heterocycles. The number of methoxy groups -OCH3 is 1. The summed E-state index contributed by atoms with van der Waals surface area (Å²) in [5, 5.41) is 3.31. The number of hydrogen-bond acceptors (Lipinski definition) is 4. The SMILES string of the molecule is COc1c(C)ccc(NC2CCS(=O)(=O)C2)c1C. The molecule has 1 atom stereocenters. The lowest BCUT2D eigenvalue weighted by molar-refractivity contribution is 0.409. The van der Waals surface area contributed by atoms with Crippen LogP contribution in [0, 0.1) is 13.8 Å². The third-order valence-electron chi connectivity index (χ3n) is 3.40. The van der Waals surface area contributed by atoms with Crippen LogP contribution in [-0.2, 0) is 9.84 Å². The molecule has 1 N–H and O–H groups in total. The maximum absolute atomic E-state index is 11.4. The minimum atomic E-state index is -2.85. The summed E-state index contributed by atoms with van der Waals surface area (Å²) in [6.07, 6.45) is 0.679. The van der Waals surface area contributed by atoms with Gasteiger partial charge in [-0.2, -0.15) is 0 Å². The maximum atomic E-state index is 11.4. The van der Waals surface area contributed by atoms with Crippen molar-refractivity contribution in [1.29, 1.82) is 0 Å². The van der Waals surface area contributed by atoms with E-state index in [0.717, 1.165) is 22.6 Å². The van der Waals surface area contributed by atoms with Gasteiger partial charge in [0.05, 0.1) is 18.6 Å². The topological polar surface area (TPSA) is 55.4 Å². The highest BCUT2D eigenvalue weighted by atomic mass is 32.2. The zero-order chi connectivity index (χ0) is 13.3. The van der Waals surface area contributed by atoms with Gasteiger partial charge in [0.1, 0.15) is 5.75 Å². The van der Waals surface area contributed by atoms with Crippen molar-refractivity contribution in [2.45, 2.75) is 26.3 Å². The zero-order valence-electron chi connectivity index (χ0n) is 11.0. The number of sulfone groups is 1. The van der Waals surface area contributed by atoms with E-state index in [-0.39, 0.29) is 17.5 Å². The van der Waals surface area contributed by atoms with Crippen LogP contribution in [0.4, 0.5) is 5.69 Å². The van der Waals surface area contributed by atoms with Gasteiger partial charge in [0.25, 0.3) is 0 Å². The average molecular weight is 269 g/mol. The van der Waals surface area contributed by atoms with E-state index in [9.17, 15) is 8.42 Å². The average Bonchev–Trinajstić information content (AvgIpc) is 2.63. The van der Waals surface area contributed by atoms with Gasteiger partial charge in [-0.3, -0.25) is 0 Å². The van der Waals surface area contributed by atoms with Crippen LogP contribution < -0.4 is 10.1 Å². The predicted molar refractivity (Wildman–Crippen MR) is 73.1 cm³/mol. The molecule has 100 valence electrons. The lowest BCUT2D eigenvalue weighted by Crippen LogP contribution is -2.21. The molecule has 5 heteroatoms. The van der Waals surface area contributed by atoms with Crippen LogP contribution in [0.1, 0.15) is 17.5 Å². The summed E-state index contributed by atoms with van der Waals surface area (Å²) in [6, 6.07) is 3.98. The lowest BCUT2D eigenvalue weighted by atomic mass is 10.1. The van der Waals surface area contributed by atoms with Crippen molar-refractivity contribution >= 4 is 15.5 Å². The molecule has 1 aromatic rings. The van der Waals surface area contributed by atoms with Crippen LogP contribution in [0.2, 0.25) is 0 Å². The number of anilines is 1. The van der Waals surface area contributed by atoms with Crippen LogP contribution in [0.5, 0.6) is 5.75 Å². The molecule has 1 fully saturated rings. The summed E-state index contributed by atoms with van der Waals surface area (Å²) >= 11 is 0. The number of rotatable bonds is 3. The standard InChI is InChI=1S/C13H19NO3S/c1-9-4-5-12(10(2)13(9)17-3)14-11-6-7-18(15,16)8-11/h4-5,11,14H,6-8H2,1-3H3. The summed E-state index contributed by atoms with van der Waals surface area (Å²) in [5.41, 5.74) is 3.07. The van der Waals surface area contributed by atoms with Crippen molar-refractivity contribution in [2.75, 3.05) is 23.9 Å². The molecule has 18 heavy (non-hydrogen) atoms. The van der Waals surface area contributed by atoms with Gasteiger partial charge in [-0.05, 0) is 31.9 Å². The van der Waals surface area contributed by atoms with E-state index in [1.165, 1.54) is 0 Å². The van der Waals surface area contributed by atoms with Gasteiger partial charge in [-0.15, -0.1) is 0 Å². The molecular weight excluding hydrogens is 250 g/mol. The number of nitrogens with one attached hydrogen (secondary N) is 1. The third kappa shape index (κ3) is 2.61. The second-order valence-electron chi connectivity index (χ2n) is 4.83. The molecule has 0 radical (unpaired) electrons. The van der Waals surface area contributed by atoms with Gasteiger partial charge >= 0.3 is 0 Å². The van der Waals surface area contributed by atoms with Gasteiger partial charge in [0.2, 0.25) is 0 Å². The second kappa shape index (κ2) is 4.80. The molecule has 0 aliphatic carbocycles. The van der Waals surface area contributed by atoms with Crippen LogP contribution >= 0.6 is 0 Å². The first kappa shape index (κ1) is 13.2. The smallest absolute Gasteiger partial charge is 0.152 e. The second-order valence-corrected chi connectivity index (χ2v) is 7.06. The first-order valence-electron chi connectivity index (χ1n) is 6.04. The number of ether oxygens (including phenoxy) is 1. The fourth-order valence-corrected chi connectivity index (χ4v) is 4.10. The molecule has 1 unspecified atom stereocenters. The summed E-state index contributed by atoms with van der Waals surface area (Å²) in [7, 11) is -1.19. The van der Waals surface area contributed by atoms with Crippen molar-refractivity contribution < 1.29 is 13.2 Å². The first-order chi connectivity index (χ1) is 8.43. The molecular formula is C13H19NO3S. The predicted octanol–water partition coefficient (Wildman–Crippen LogP) is 1.91. The molecule has 0 spiro atoms. The fraction of sp³-hybridized carbons (Fsp3) is 0.538. The van der Waals surface area contributed by atoms with Gasteiger partial charge < -0.3 is 10.1 Å². The Kier molecular flexibility index (Phi) is 3.52. The number of aryl methyl sites for hydroxylation is 1. The summed E-state index contributed by atoms with van der Waals surface area (Å²) in [5.74, 6) is 1.37. The van der Waals surface area contributed by atoms with Crippen molar-refractivity contribution in [1.82, 2.24) is 0 Å². The highest BCUT2D eigenvalue weighted by molar-refractivity contribution is 7.91. The third-order valence-corrected chi connectivity index (χ3v) is 5.17. The monoisotopic (exact) mass is 269 g/mol. The van der Waals surface area contributed by atoms with E-state index in [4.69, 9.17) is 4.74 Å². The van der Waals surface area contributed by atoms with Gasteiger partial charge in [0, 0.05) is 17.3 Å². The Bertz CT molecular complexity index is 552. The van der Waals surface area contributed by atoms with E-state index >= 15 is 0 Å². The van der Waals surface area contributed by atoms with Crippen molar-refractivity contribution in [3.05, 3.63) is 23.3 Å². The van der Waals surface area contributed by atoms with Gasteiger partial charge in [-0.1, -0.05) is 6.07 Å². The van der Waals surface area contributed by atoms with Crippen LogP contribution in [0.15, 0.2) is 12.1 Å². The minimum Gasteiger partial charge on any atom is -0.496 e. The normalized spacial score (nSPS) is 21.8. The van der Waals surface area contributed by atoms with Gasteiger partial charge in [0.15, 0.2) is 9.84 Å². The molecule has 4 nitrogen and oxygen atoms in total. The van der Waals surface area contributed by atoms with E-state index in [2.05, 4.69) is 5.32 Å². The first-order valence-corrected chi connectivity index (χ1v) is 7.86. The van der Waals surface area contributed by atoms with Crippen molar-refractivity contribution in [3.63, 3.8) is 0 Å². The zero-order valence-corrected chi connectivity index (χ0v) is 11.8. The Morgan fingerprint density at radius 3 is 2.61 bits per heavy atom. The highest BCUT2D eigenvalue weighted by Crippen LogP contribution is 2.30. The van der Waals surface area contributed by atoms with E-state index in [1.807, 2.05) is 26.0 Å². The molecule has 1 aromatic carbocycles. The number of benzene rings is 1. The van der Waals surface area contributed by atoms with Gasteiger partial charge in [-0.25, -0.2) is 8.42 Å². The molecule has 1 saturated heterocycles. The maximum Gasteiger partial charge on any atom is 0.152 e. The lowest BCUT2D eigenvalue weighted by Gasteiger charge is -2.18. The Balaban J connectivity index is 2.20. The Morgan fingerprint density at radius 2 is 2.06 bits per heavy atom. The van der Waals surface area contributed by atoms with Crippen molar-refractivity contribution in [3.8, 4) is 5.75 Å².